The summed E-state index contributed by atoms with van der Waals surface area (Å²) in [5.74, 6) is 0.979. The van der Waals surface area contributed by atoms with Gasteiger partial charge in [-0.15, -0.1) is 0 Å². The zero-order chi connectivity index (χ0) is 17.7. The lowest BCUT2D eigenvalue weighted by Crippen LogP contribution is -2.26. The fraction of sp³-hybridized carbons (Fsp3) is 0.350. The molecule has 0 bridgehead atoms. The van der Waals surface area contributed by atoms with Gasteiger partial charge < -0.3 is 14.2 Å². The van der Waals surface area contributed by atoms with E-state index < -0.39 is 12.1 Å². The molecule has 1 unspecified atom stereocenters. The molecule has 0 amide bonds. The van der Waals surface area contributed by atoms with Crippen molar-refractivity contribution in [2.75, 3.05) is 7.11 Å². The first kappa shape index (κ1) is 18.0. The molecule has 0 heterocycles. The third-order valence-corrected chi connectivity index (χ3v) is 3.77. The molecule has 0 radical (unpaired) electrons. The first-order chi connectivity index (χ1) is 11.4. The Kier molecular flexibility index (Phi) is 5.99. The molecule has 0 saturated heterocycles. The van der Waals surface area contributed by atoms with E-state index in [-0.39, 0.29) is 0 Å². The van der Waals surface area contributed by atoms with Crippen LogP contribution < -0.4 is 9.47 Å². The molecule has 2 aromatic rings. The number of ether oxygens (including phenoxy) is 3. The summed E-state index contributed by atoms with van der Waals surface area (Å²) in [4.78, 5) is 12.3. The highest BCUT2D eigenvalue weighted by atomic mass is 16.6. The second kappa shape index (κ2) is 7.97. The fourth-order valence-corrected chi connectivity index (χ4v) is 2.56. The number of carbonyl (C=O) groups is 1. The van der Waals surface area contributed by atoms with Crippen molar-refractivity contribution in [1.82, 2.24) is 0 Å². The Hall–Kier alpha value is -2.33. The van der Waals surface area contributed by atoms with Gasteiger partial charge in [-0.3, -0.25) is 0 Å². The van der Waals surface area contributed by atoms with Gasteiger partial charge in [-0.05, 0) is 56.5 Å². The zero-order valence-corrected chi connectivity index (χ0v) is 14.9. The van der Waals surface area contributed by atoms with Crippen LogP contribution in [0, 0.1) is 20.8 Å². The van der Waals surface area contributed by atoms with E-state index in [2.05, 4.69) is 0 Å². The Morgan fingerprint density at radius 1 is 1.08 bits per heavy atom. The maximum Gasteiger partial charge on any atom is 0.340 e. The Balaban J connectivity index is 1.97. The number of carbonyl (C=O) groups excluding carboxylic acids is 1. The third-order valence-electron chi connectivity index (χ3n) is 3.77. The van der Waals surface area contributed by atoms with Crippen molar-refractivity contribution in [3.63, 3.8) is 0 Å². The molecule has 0 fully saturated rings. The highest BCUT2D eigenvalue weighted by Crippen LogP contribution is 2.25. The number of hydrogen-bond donors (Lipinski definition) is 0. The maximum atomic E-state index is 12.3. The summed E-state index contributed by atoms with van der Waals surface area (Å²) in [5.41, 5.74) is 3.98. The van der Waals surface area contributed by atoms with Crippen LogP contribution in [0.2, 0.25) is 0 Å². The minimum absolute atomic E-state index is 0.319. The van der Waals surface area contributed by atoms with Crippen LogP contribution in [0.25, 0.3) is 0 Å². The second-order valence-corrected chi connectivity index (χ2v) is 5.95. The predicted molar refractivity (Wildman–Crippen MR) is 93.5 cm³/mol. The van der Waals surface area contributed by atoms with E-state index in [9.17, 15) is 4.79 Å². The smallest absolute Gasteiger partial charge is 0.340 e. The highest BCUT2D eigenvalue weighted by molar-refractivity contribution is 5.77. The van der Waals surface area contributed by atoms with E-state index >= 15 is 0 Å². The Morgan fingerprint density at radius 3 is 2.38 bits per heavy atom. The lowest BCUT2D eigenvalue weighted by Gasteiger charge is -2.16. The first-order valence-corrected chi connectivity index (χ1v) is 7.94. The normalized spacial score (nSPS) is 11.9. The molecule has 0 N–H and O–H groups in total. The molecule has 128 valence electrons. The largest absolute Gasteiger partial charge is 0.497 e. The molecule has 0 aromatic heterocycles. The number of hydrogen-bond acceptors (Lipinski definition) is 4. The van der Waals surface area contributed by atoms with Gasteiger partial charge in [0.25, 0.3) is 0 Å². The van der Waals surface area contributed by atoms with Gasteiger partial charge in [-0.1, -0.05) is 29.8 Å². The van der Waals surface area contributed by atoms with Gasteiger partial charge >= 0.3 is 5.97 Å². The number of methoxy groups -OCH3 is 1. The van der Waals surface area contributed by atoms with Crippen LogP contribution in [0.3, 0.4) is 0 Å². The SMILES string of the molecule is COc1cccc(COC(C)C(=O)Oc2c(C)cc(C)cc2C)c1. The first-order valence-electron chi connectivity index (χ1n) is 7.94. The van der Waals surface area contributed by atoms with E-state index in [1.54, 1.807) is 14.0 Å². The lowest BCUT2D eigenvalue weighted by molar-refractivity contribution is -0.147. The summed E-state index contributed by atoms with van der Waals surface area (Å²) in [6, 6.07) is 11.6. The van der Waals surface area contributed by atoms with Crippen LogP contribution >= 0.6 is 0 Å². The summed E-state index contributed by atoms with van der Waals surface area (Å²) in [7, 11) is 1.62. The van der Waals surface area contributed by atoms with Gasteiger partial charge in [0.1, 0.15) is 11.5 Å². The van der Waals surface area contributed by atoms with E-state index in [1.807, 2.05) is 57.2 Å². The van der Waals surface area contributed by atoms with Gasteiger partial charge in [0.15, 0.2) is 6.10 Å². The number of rotatable bonds is 6. The van der Waals surface area contributed by atoms with Crippen LogP contribution in [0.5, 0.6) is 11.5 Å². The van der Waals surface area contributed by atoms with Crippen LogP contribution in [0.15, 0.2) is 36.4 Å². The quantitative estimate of drug-likeness (QED) is 0.591. The zero-order valence-electron chi connectivity index (χ0n) is 14.9. The topological polar surface area (TPSA) is 44.8 Å². The minimum Gasteiger partial charge on any atom is -0.497 e. The molecule has 0 aliphatic heterocycles. The van der Waals surface area contributed by atoms with Crippen molar-refractivity contribution in [2.45, 2.75) is 40.4 Å². The summed E-state index contributed by atoms with van der Waals surface area (Å²) in [6.07, 6.45) is -0.656. The van der Waals surface area contributed by atoms with Gasteiger partial charge in [-0.25, -0.2) is 4.79 Å². The lowest BCUT2D eigenvalue weighted by atomic mass is 10.1. The van der Waals surface area contributed by atoms with Crippen LogP contribution in [0.4, 0.5) is 0 Å². The standard InChI is InChI=1S/C20H24O4/c1-13-9-14(2)19(15(3)10-13)24-20(21)16(4)23-12-17-7-6-8-18(11-17)22-5/h6-11,16H,12H2,1-5H3. The van der Waals surface area contributed by atoms with Crippen LogP contribution in [0.1, 0.15) is 29.2 Å². The number of benzene rings is 2. The van der Waals surface area contributed by atoms with Gasteiger partial charge in [0.05, 0.1) is 13.7 Å². The highest BCUT2D eigenvalue weighted by Gasteiger charge is 2.18. The average molecular weight is 328 g/mol. The van der Waals surface area contributed by atoms with E-state index in [0.29, 0.717) is 12.4 Å². The summed E-state index contributed by atoms with van der Waals surface area (Å²) < 4.78 is 16.3. The molecule has 24 heavy (non-hydrogen) atoms. The van der Waals surface area contributed by atoms with Gasteiger partial charge in [0, 0.05) is 0 Å². The minimum atomic E-state index is -0.656. The van der Waals surface area contributed by atoms with E-state index in [1.165, 1.54) is 0 Å². The van der Waals surface area contributed by atoms with Crippen molar-refractivity contribution in [3.8, 4) is 11.5 Å². The van der Waals surface area contributed by atoms with Crippen molar-refractivity contribution < 1.29 is 19.0 Å². The van der Waals surface area contributed by atoms with Crippen LogP contribution in [-0.2, 0) is 16.1 Å². The summed E-state index contributed by atoms with van der Waals surface area (Å²) in [6.45, 7) is 7.90. The molecule has 0 aliphatic rings. The Morgan fingerprint density at radius 2 is 1.75 bits per heavy atom. The van der Waals surface area contributed by atoms with Crippen molar-refractivity contribution in [2.24, 2.45) is 0 Å². The number of esters is 1. The van der Waals surface area contributed by atoms with E-state index in [0.717, 1.165) is 28.0 Å². The molecular formula is C20H24O4. The number of aryl methyl sites for hydroxylation is 3. The average Bonchev–Trinajstić information content (AvgIpc) is 2.55. The van der Waals surface area contributed by atoms with Crippen molar-refractivity contribution in [3.05, 3.63) is 58.7 Å². The molecule has 4 heteroatoms. The summed E-state index contributed by atoms with van der Waals surface area (Å²) in [5, 5.41) is 0. The molecule has 0 saturated carbocycles. The monoisotopic (exact) mass is 328 g/mol. The van der Waals surface area contributed by atoms with Crippen molar-refractivity contribution >= 4 is 5.97 Å². The Labute approximate surface area is 143 Å². The molecule has 2 aromatic carbocycles. The molecule has 1 atom stereocenters. The summed E-state index contributed by atoms with van der Waals surface area (Å²) >= 11 is 0. The molecular weight excluding hydrogens is 304 g/mol. The Bertz CT molecular complexity index is 698. The third kappa shape index (κ3) is 4.59. The van der Waals surface area contributed by atoms with Gasteiger partial charge in [-0.2, -0.15) is 0 Å². The van der Waals surface area contributed by atoms with Crippen LogP contribution in [-0.4, -0.2) is 19.2 Å². The molecule has 0 aliphatic carbocycles. The maximum absolute atomic E-state index is 12.3. The predicted octanol–water partition coefficient (Wildman–Crippen LogP) is 4.13. The van der Waals surface area contributed by atoms with Crippen molar-refractivity contribution in [1.29, 1.82) is 0 Å². The molecule has 2 rings (SSSR count). The second-order valence-electron chi connectivity index (χ2n) is 5.95. The molecule has 4 nitrogen and oxygen atoms in total. The molecule has 0 spiro atoms. The van der Waals surface area contributed by atoms with Gasteiger partial charge in [0.2, 0.25) is 0 Å². The fourth-order valence-electron chi connectivity index (χ4n) is 2.56. The van der Waals surface area contributed by atoms with E-state index in [4.69, 9.17) is 14.2 Å².